The van der Waals surface area contributed by atoms with Crippen molar-refractivity contribution in [3.63, 3.8) is 0 Å². The predicted octanol–water partition coefficient (Wildman–Crippen LogP) is 0.347. The van der Waals surface area contributed by atoms with E-state index in [1.807, 2.05) is 0 Å². The zero-order chi connectivity index (χ0) is 8.69. The number of aliphatic hydroxyl groups excluding tert-OH is 2. The molecule has 0 atom stereocenters. The van der Waals surface area contributed by atoms with Crippen molar-refractivity contribution in [1.82, 2.24) is 0 Å². The quantitative estimate of drug-likeness (QED) is 0.589. The fourth-order valence-electron chi connectivity index (χ4n) is 0.880. The van der Waals surface area contributed by atoms with Crippen LogP contribution in [0.2, 0.25) is 0 Å². The van der Waals surface area contributed by atoms with Gasteiger partial charge >= 0.3 is 0 Å². The molecule has 66 valence electrons. The lowest BCUT2D eigenvalue weighted by molar-refractivity contribution is -0.117. The Morgan fingerprint density at radius 3 is 2.27 bits per heavy atom. The Morgan fingerprint density at radius 1 is 1.36 bits per heavy atom. The van der Waals surface area contributed by atoms with E-state index in [0.29, 0.717) is 6.42 Å². The molecular formula is C8H16O3. The van der Waals surface area contributed by atoms with Crippen LogP contribution in [0.4, 0.5) is 0 Å². The second-order valence-electron chi connectivity index (χ2n) is 2.83. The van der Waals surface area contributed by atoms with E-state index < -0.39 is 0 Å². The average Bonchev–Trinajstić information content (AvgIpc) is 1.98. The van der Waals surface area contributed by atoms with Gasteiger partial charge in [-0.1, -0.05) is 0 Å². The van der Waals surface area contributed by atoms with Gasteiger partial charge in [0.2, 0.25) is 0 Å². The molecule has 0 aliphatic rings. The molecule has 0 aliphatic carbocycles. The van der Waals surface area contributed by atoms with Crippen LogP contribution in [0.5, 0.6) is 0 Å². The molecule has 0 aromatic rings. The van der Waals surface area contributed by atoms with Gasteiger partial charge < -0.3 is 15.0 Å². The number of hydrogen-bond donors (Lipinski definition) is 2. The number of carbonyl (C=O) groups excluding carboxylic acids is 1. The van der Waals surface area contributed by atoms with Crippen molar-refractivity contribution in [3.05, 3.63) is 0 Å². The summed E-state index contributed by atoms with van der Waals surface area (Å²) in [7, 11) is 0. The molecule has 0 amide bonds. The minimum absolute atomic E-state index is 0.00834. The molecule has 0 spiro atoms. The van der Waals surface area contributed by atoms with Crippen LogP contribution in [0.3, 0.4) is 0 Å². The van der Waals surface area contributed by atoms with Gasteiger partial charge in [-0.25, -0.2) is 0 Å². The summed E-state index contributed by atoms with van der Waals surface area (Å²) in [6.45, 7) is 1.57. The highest BCUT2D eigenvalue weighted by molar-refractivity contribution is 5.75. The predicted molar refractivity (Wildman–Crippen MR) is 42.2 cm³/mol. The second-order valence-corrected chi connectivity index (χ2v) is 2.83. The lowest BCUT2D eigenvalue weighted by Crippen LogP contribution is -2.11. The number of Topliss-reactive ketones (excluding diaryl/α,β-unsaturated/α-hetero) is 1. The van der Waals surface area contributed by atoms with Crippen molar-refractivity contribution in [2.75, 3.05) is 13.2 Å². The molecular weight excluding hydrogens is 144 g/mol. The monoisotopic (exact) mass is 160 g/mol. The first kappa shape index (κ1) is 10.6. The topological polar surface area (TPSA) is 57.5 Å². The molecule has 3 heteroatoms. The van der Waals surface area contributed by atoms with Gasteiger partial charge in [0.05, 0.1) is 0 Å². The largest absolute Gasteiger partial charge is 0.396 e. The molecule has 0 unspecified atom stereocenters. The Labute approximate surface area is 67.0 Å². The zero-order valence-corrected chi connectivity index (χ0v) is 6.92. The van der Waals surface area contributed by atoms with Gasteiger partial charge in [0.25, 0.3) is 0 Å². The maximum atomic E-state index is 10.5. The highest BCUT2D eigenvalue weighted by atomic mass is 16.3. The van der Waals surface area contributed by atoms with E-state index in [1.165, 1.54) is 0 Å². The number of carbonyl (C=O) groups is 1. The van der Waals surface area contributed by atoms with Gasteiger partial charge in [0, 0.05) is 25.6 Å². The van der Waals surface area contributed by atoms with Crippen LogP contribution < -0.4 is 0 Å². The first-order valence-corrected chi connectivity index (χ1v) is 3.91. The third-order valence-corrected chi connectivity index (χ3v) is 1.66. The molecule has 0 fully saturated rings. The van der Waals surface area contributed by atoms with E-state index >= 15 is 0 Å². The van der Waals surface area contributed by atoms with Crippen LogP contribution in [0.25, 0.3) is 0 Å². The summed E-state index contributed by atoms with van der Waals surface area (Å²) in [4.78, 5) is 10.5. The fourth-order valence-corrected chi connectivity index (χ4v) is 0.880. The number of hydrogen-bond acceptors (Lipinski definition) is 3. The Morgan fingerprint density at radius 2 is 1.91 bits per heavy atom. The summed E-state index contributed by atoms with van der Waals surface area (Å²) in [6, 6.07) is 0. The molecule has 3 nitrogen and oxygen atoms in total. The summed E-state index contributed by atoms with van der Waals surface area (Å²) >= 11 is 0. The van der Waals surface area contributed by atoms with Gasteiger partial charge in [-0.05, 0) is 19.8 Å². The van der Waals surface area contributed by atoms with Crippen molar-refractivity contribution in [1.29, 1.82) is 0 Å². The van der Waals surface area contributed by atoms with E-state index in [4.69, 9.17) is 10.2 Å². The molecule has 0 aromatic heterocycles. The van der Waals surface area contributed by atoms with Crippen molar-refractivity contribution in [2.45, 2.75) is 26.2 Å². The smallest absolute Gasteiger partial charge is 0.129 e. The van der Waals surface area contributed by atoms with Crippen molar-refractivity contribution in [2.24, 2.45) is 5.92 Å². The van der Waals surface area contributed by atoms with Crippen LogP contribution in [0.15, 0.2) is 0 Å². The second kappa shape index (κ2) is 6.31. The van der Waals surface area contributed by atoms with Crippen molar-refractivity contribution < 1.29 is 15.0 Å². The molecule has 0 aliphatic heterocycles. The Kier molecular flexibility index (Phi) is 6.07. The Bertz CT molecular complexity index is 108. The first-order valence-electron chi connectivity index (χ1n) is 3.91. The lowest BCUT2D eigenvalue weighted by Gasteiger charge is -2.08. The van der Waals surface area contributed by atoms with Crippen LogP contribution in [-0.4, -0.2) is 29.2 Å². The van der Waals surface area contributed by atoms with Gasteiger partial charge in [0.15, 0.2) is 0 Å². The molecule has 0 saturated carbocycles. The molecule has 2 N–H and O–H groups in total. The van der Waals surface area contributed by atoms with Crippen LogP contribution in [0, 0.1) is 5.92 Å². The SMILES string of the molecule is CC(=O)CCCC(CO)CO. The maximum Gasteiger partial charge on any atom is 0.129 e. The van der Waals surface area contributed by atoms with Crippen molar-refractivity contribution in [3.8, 4) is 0 Å². The molecule has 0 radical (unpaired) electrons. The van der Waals surface area contributed by atoms with Gasteiger partial charge in [-0.3, -0.25) is 0 Å². The van der Waals surface area contributed by atoms with E-state index in [9.17, 15) is 4.79 Å². The highest BCUT2D eigenvalue weighted by Gasteiger charge is 2.05. The summed E-state index contributed by atoms with van der Waals surface area (Å²) in [5.74, 6) is 0.119. The van der Waals surface area contributed by atoms with Crippen LogP contribution in [0.1, 0.15) is 26.2 Å². The van der Waals surface area contributed by atoms with Crippen LogP contribution >= 0.6 is 0 Å². The summed E-state index contributed by atoms with van der Waals surface area (Å²) in [6.07, 6.45) is 2.05. The lowest BCUT2D eigenvalue weighted by atomic mass is 10.0. The summed E-state index contributed by atoms with van der Waals surface area (Å²) in [5.41, 5.74) is 0. The van der Waals surface area contributed by atoms with E-state index in [1.54, 1.807) is 6.92 Å². The molecule has 0 heterocycles. The Hall–Kier alpha value is -0.410. The van der Waals surface area contributed by atoms with Gasteiger partial charge in [-0.15, -0.1) is 0 Å². The first-order chi connectivity index (χ1) is 5.20. The summed E-state index contributed by atoms with van der Waals surface area (Å²) < 4.78 is 0. The number of aliphatic hydroxyl groups is 2. The van der Waals surface area contributed by atoms with Crippen LogP contribution in [-0.2, 0) is 4.79 Å². The third kappa shape index (κ3) is 6.01. The normalized spacial score (nSPS) is 10.5. The zero-order valence-electron chi connectivity index (χ0n) is 6.92. The molecule has 0 bridgehead atoms. The highest BCUT2D eigenvalue weighted by Crippen LogP contribution is 2.06. The minimum atomic E-state index is -0.0469. The molecule has 0 rings (SSSR count). The van der Waals surface area contributed by atoms with Crippen molar-refractivity contribution >= 4 is 5.78 Å². The van der Waals surface area contributed by atoms with E-state index in [2.05, 4.69) is 0 Å². The van der Waals surface area contributed by atoms with E-state index in [-0.39, 0.29) is 24.9 Å². The molecule has 11 heavy (non-hydrogen) atoms. The maximum absolute atomic E-state index is 10.5. The number of rotatable bonds is 6. The average molecular weight is 160 g/mol. The molecule has 0 saturated heterocycles. The van der Waals surface area contributed by atoms with E-state index in [0.717, 1.165) is 12.8 Å². The summed E-state index contributed by atoms with van der Waals surface area (Å²) in [5, 5.41) is 17.3. The van der Waals surface area contributed by atoms with Gasteiger partial charge in [0.1, 0.15) is 5.78 Å². The number of ketones is 1. The fraction of sp³-hybridized carbons (Fsp3) is 0.875. The van der Waals surface area contributed by atoms with Gasteiger partial charge in [-0.2, -0.15) is 0 Å². The third-order valence-electron chi connectivity index (χ3n) is 1.66. The Balaban J connectivity index is 3.28. The minimum Gasteiger partial charge on any atom is -0.396 e. The standard InChI is InChI=1S/C8H16O3/c1-7(11)3-2-4-8(5-9)6-10/h8-10H,2-6H2,1H3. The molecule has 0 aromatic carbocycles.